The molecule has 0 radical (unpaired) electrons. The monoisotopic (exact) mass is 487 g/mol. The second-order valence-corrected chi connectivity index (χ2v) is 9.32. The first kappa shape index (κ1) is 25.1. The minimum absolute atomic E-state index is 0.0537. The Morgan fingerprint density at radius 2 is 1.59 bits per heavy atom. The zero-order valence-corrected chi connectivity index (χ0v) is 19.6. The van der Waals surface area contributed by atoms with Crippen LogP contribution in [-0.4, -0.2) is 62.7 Å². The molecule has 0 spiro atoms. The Balaban J connectivity index is 1.77. The van der Waals surface area contributed by atoms with Gasteiger partial charge in [-0.2, -0.15) is 4.72 Å². The first-order chi connectivity index (χ1) is 16.1. The molecule has 1 aliphatic heterocycles. The summed E-state index contributed by atoms with van der Waals surface area (Å²) < 4.78 is 32.8. The lowest BCUT2D eigenvalue weighted by atomic mass is 10.1. The molecule has 1 heterocycles. The summed E-state index contributed by atoms with van der Waals surface area (Å²) in [4.78, 5) is 50.5. The van der Waals surface area contributed by atoms with E-state index in [1.165, 1.54) is 24.3 Å². The molecule has 0 fully saturated rings. The van der Waals surface area contributed by atoms with Crippen molar-refractivity contribution in [2.75, 3.05) is 19.7 Å². The summed E-state index contributed by atoms with van der Waals surface area (Å²) in [5.74, 6) is -2.52. The Hall–Kier alpha value is -3.57. The number of amides is 3. The maximum atomic E-state index is 12.9. The molecule has 3 amide bonds. The zero-order chi connectivity index (χ0) is 24.9. The van der Waals surface area contributed by atoms with E-state index >= 15 is 0 Å². The summed E-state index contributed by atoms with van der Waals surface area (Å²) in [7, 11) is -4.11. The van der Waals surface area contributed by atoms with Gasteiger partial charge in [-0.25, -0.2) is 8.42 Å². The van der Waals surface area contributed by atoms with Gasteiger partial charge in [0, 0.05) is 6.54 Å². The van der Waals surface area contributed by atoms with Gasteiger partial charge in [0.1, 0.15) is 12.6 Å². The second kappa shape index (κ2) is 10.6. The van der Waals surface area contributed by atoms with E-state index in [0.29, 0.717) is 0 Å². The van der Waals surface area contributed by atoms with Gasteiger partial charge >= 0.3 is 5.97 Å². The van der Waals surface area contributed by atoms with Crippen LogP contribution in [0.2, 0.25) is 0 Å². The van der Waals surface area contributed by atoms with Crippen LogP contribution in [0.3, 0.4) is 0 Å². The number of imide groups is 1. The van der Waals surface area contributed by atoms with Crippen LogP contribution >= 0.6 is 0 Å². The number of benzene rings is 2. The predicted molar refractivity (Wildman–Crippen MR) is 121 cm³/mol. The first-order valence-corrected chi connectivity index (χ1v) is 12.1. The minimum atomic E-state index is -4.11. The van der Waals surface area contributed by atoms with Crippen LogP contribution in [0, 0.1) is 6.92 Å². The molecule has 2 aromatic carbocycles. The average molecular weight is 488 g/mol. The summed E-state index contributed by atoms with van der Waals surface area (Å²) in [6.07, 6.45) is -0.203. The van der Waals surface area contributed by atoms with Gasteiger partial charge in [-0.3, -0.25) is 24.1 Å². The van der Waals surface area contributed by atoms with E-state index in [9.17, 15) is 27.6 Å². The van der Waals surface area contributed by atoms with E-state index in [1.807, 2.05) is 0 Å². The molecule has 180 valence electrons. The molecule has 0 unspecified atom stereocenters. The fraction of sp³-hybridized carbons (Fsp3) is 0.304. The lowest BCUT2D eigenvalue weighted by Crippen LogP contribution is -2.49. The number of fused-ring (bicyclic) bond motifs is 1. The van der Waals surface area contributed by atoms with Gasteiger partial charge < -0.3 is 10.1 Å². The number of hydrogen-bond acceptors (Lipinski definition) is 7. The van der Waals surface area contributed by atoms with Crippen molar-refractivity contribution in [1.29, 1.82) is 0 Å². The molecule has 0 saturated heterocycles. The lowest BCUT2D eigenvalue weighted by molar-refractivity contribution is -0.143. The van der Waals surface area contributed by atoms with Crippen molar-refractivity contribution in [1.82, 2.24) is 14.9 Å². The van der Waals surface area contributed by atoms with Crippen molar-refractivity contribution in [2.45, 2.75) is 31.2 Å². The van der Waals surface area contributed by atoms with Crippen LogP contribution in [0.1, 0.15) is 39.6 Å². The number of hydrogen-bond donors (Lipinski definition) is 2. The van der Waals surface area contributed by atoms with Crippen molar-refractivity contribution in [3.05, 3.63) is 65.2 Å². The highest BCUT2D eigenvalue weighted by Crippen LogP contribution is 2.23. The molecular formula is C23H25N3O7S. The second-order valence-electron chi connectivity index (χ2n) is 7.61. The molecule has 0 aromatic heterocycles. The largest absolute Gasteiger partial charge is 0.465 e. The fourth-order valence-electron chi connectivity index (χ4n) is 3.41. The van der Waals surface area contributed by atoms with Crippen molar-refractivity contribution in [3.8, 4) is 0 Å². The molecule has 11 heteroatoms. The Labute approximate surface area is 197 Å². The van der Waals surface area contributed by atoms with Crippen LogP contribution in [0.15, 0.2) is 53.4 Å². The van der Waals surface area contributed by atoms with E-state index in [1.54, 1.807) is 38.1 Å². The average Bonchev–Trinajstić information content (AvgIpc) is 3.05. The highest BCUT2D eigenvalue weighted by molar-refractivity contribution is 7.89. The van der Waals surface area contributed by atoms with Crippen molar-refractivity contribution in [3.63, 3.8) is 0 Å². The van der Waals surface area contributed by atoms with Crippen LogP contribution in [0.25, 0.3) is 0 Å². The number of carbonyl (C=O) groups excluding carboxylic acids is 4. The van der Waals surface area contributed by atoms with E-state index < -0.39 is 46.3 Å². The lowest BCUT2D eigenvalue weighted by Gasteiger charge is -2.21. The van der Waals surface area contributed by atoms with Crippen LogP contribution in [-0.2, 0) is 24.3 Å². The van der Waals surface area contributed by atoms with E-state index in [0.717, 1.165) is 10.5 Å². The molecule has 0 bridgehead atoms. The number of ether oxygens (including phenoxy) is 1. The van der Waals surface area contributed by atoms with Crippen LogP contribution in [0.4, 0.5) is 0 Å². The van der Waals surface area contributed by atoms with E-state index in [4.69, 9.17) is 4.74 Å². The number of nitrogens with one attached hydrogen (secondary N) is 2. The zero-order valence-electron chi connectivity index (χ0n) is 18.7. The van der Waals surface area contributed by atoms with Gasteiger partial charge in [-0.15, -0.1) is 0 Å². The Bertz CT molecular complexity index is 1170. The Morgan fingerprint density at radius 3 is 2.15 bits per heavy atom. The number of sulfonamides is 1. The SMILES string of the molecule is CCOC(=O)CNC(=O)[C@@H](CCN1C(=O)c2ccccc2C1=O)NS(=O)(=O)c1ccc(C)cc1. The smallest absolute Gasteiger partial charge is 0.325 e. The van der Waals surface area contributed by atoms with Gasteiger partial charge in [0.15, 0.2) is 0 Å². The molecule has 1 atom stereocenters. The molecule has 0 saturated carbocycles. The highest BCUT2D eigenvalue weighted by Gasteiger charge is 2.36. The van der Waals surface area contributed by atoms with E-state index in [2.05, 4.69) is 10.0 Å². The van der Waals surface area contributed by atoms with Gasteiger partial charge in [0.05, 0.1) is 22.6 Å². The molecule has 2 N–H and O–H groups in total. The third-order valence-corrected chi connectivity index (χ3v) is 6.66. The third kappa shape index (κ3) is 5.67. The molecular weight excluding hydrogens is 462 g/mol. The third-order valence-electron chi connectivity index (χ3n) is 5.18. The summed E-state index contributed by atoms with van der Waals surface area (Å²) in [5, 5.41) is 2.34. The maximum absolute atomic E-state index is 12.9. The molecule has 3 rings (SSSR count). The molecule has 2 aromatic rings. The van der Waals surface area contributed by atoms with Crippen molar-refractivity contribution >= 4 is 33.7 Å². The summed E-state index contributed by atoms with van der Waals surface area (Å²) in [6.45, 7) is 2.87. The first-order valence-electron chi connectivity index (χ1n) is 10.6. The highest BCUT2D eigenvalue weighted by atomic mass is 32.2. The van der Waals surface area contributed by atoms with Crippen molar-refractivity contribution in [2.24, 2.45) is 0 Å². The number of rotatable bonds is 10. The van der Waals surface area contributed by atoms with Gasteiger partial charge in [0.25, 0.3) is 11.8 Å². The summed E-state index contributed by atoms with van der Waals surface area (Å²) in [5.41, 5.74) is 1.35. The number of aryl methyl sites for hydroxylation is 1. The number of esters is 1. The van der Waals surface area contributed by atoms with E-state index in [-0.39, 0.29) is 35.6 Å². The maximum Gasteiger partial charge on any atom is 0.325 e. The normalized spacial score (nSPS) is 14.0. The Kier molecular flexibility index (Phi) is 7.79. The summed E-state index contributed by atoms with van der Waals surface area (Å²) in [6, 6.07) is 11.0. The minimum Gasteiger partial charge on any atom is -0.465 e. The molecule has 34 heavy (non-hydrogen) atoms. The molecule has 10 nitrogen and oxygen atoms in total. The molecule has 1 aliphatic rings. The van der Waals surface area contributed by atoms with Crippen molar-refractivity contribution < 1.29 is 32.3 Å². The number of carbonyl (C=O) groups is 4. The Morgan fingerprint density at radius 1 is 1.00 bits per heavy atom. The summed E-state index contributed by atoms with van der Waals surface area (Å²) >= 11 is 0. The van der Waals surface area contributed by atoms with Gasteiger partial charge in [-0.05, 0) is 44.5 Å². The fourth-order valence-corrected chi connectivity index (χ4v) is 4.64. The standard InChI is InChI=1S/C23H25N3O7S/c1-3-33-20(27)14-24-21(28)19(25-34(31,32)16-10-8-15(2)9-11-16)12-13-26-22(29)17-6-4-5-7-18(17)23(26)30/h4-11,19,25H,3,12-14H2,1-2H3,(H,24,28)/t19-/m1/s1. The van der Waals surface area contributed by atoms with Gasteiger partial charge in [-0.1, -0.05) is 29.8 Å². The predicted octanol–water partition coefficient (Wildman–Crippen LogP) is 1.01. The van der Waals surface area contributed by atoms with Crippen LogP contribution < -0.4 is 10.0 Å². The number of nitrogens with zero attached hydrogens (tertiary/aromatic N) is 1. The molecule has 0 aliphatic carbocycles. The topological polar surface area (TPSA) is 139 Å². The van der Waals surface area contributed by atoms with Gasteiger partial charge in [0.2, 0.25) is 15.9 Å². The van der Waals surface area contributed by atoms with Crippen LogP contribution in [0.5, 0.6) is 0 Å². The quantitative estimate of drug-likeness (QED) is 0.377.